The topological polar surface area (TPSA) is 56.7 Å². The number of aliphatic hydroxyl groups excluding tert-OH is 1. The van der Waals surface area contributed by atoms with E-state index in [9.17, 15) is 0 Å². The van der Waals surface area contributed by atoms with Gasteiger partial charge >= 0.3 is 0 Å². The number of guanidine groups is 1. The van der Waals surface area contributed by atoms with Crippen LogP contribution in [0.25, 0.3) is 0 Å². The summed E-state index contributed by atoms with van der Waals surface area (Å²) in [5.74, 6) is 1.03. The van der Waals surface area contributed by atoms with Gasteiger partial charge in [-0.05, 0) is 30.7 Å². The van der Waals surface area contributed by atoms with Crippen molar-refractivity contribution in [2.75, 3.05) is 26.2 Å². The van der Waals surface area contributed by atoms with Crippen molar-refractivity contribution >= 4 is 41.3 Å². The van der Waals surface area contributed by atoms with E-state index >= 15 is 0 Å². The standard InChI is InChI=1S/C13H23N3OS.HI/c1-3-14-13(16-9-11(2)10-17)15-7-6-12-5-4-8-18-12;/h4-5,8,11,17H,3,6-7,9-10H2,1-2H3,(H2,14,15,16);1H. The number of aliphatic imine (C=N–C) groups is 1. The highest BCUT2D eigenvalue weighted by Crippen LogP contribution is 2.07. The van der Waals surface area contributed by atoms with E-state index in [0.29, 0.717) is 6.54 Å². The highest BCUT2D eigenvalue weighted by Gasteiger charge is 2.01. The van der Waals surface area contributed by atoms with E-state index in [2.05, 4.69) is 33.1 Å². The molecule has 19 heavy (non-hydrogen) atoms. The lowest BCUT2D eigenvalue weighted by Crippen LogP contribution is -2.38. The van der Waals surface area contributed by atoms with Crippen LogP contribution in [0.3, 0.4) is 0 Å². The van der Waals surface area contributed by atoms with E-state index in [1.165, 1.54) is 4.88 Å². The van der Waals surface area contributed by atoms with Gasteiger partial charge in [0.25, 0.3) is 0 Å². The van der Waals surface area contributed by atoms with Crippen molar-refractivity contribution in [1.82, 2.24) is 10.6 Å². The molecule has 6 heteroatoms. The van der Waals surface area contributed by atoms with Crippen LogP contribution < -0.4 is 10.6 Å². The second-order valence-corrected chi connectivity index (χ2v) is 5.30. The van der Waals surface area contributed by atoms with Crippen molar-refractivity contribution in [2.24, 2.45) is 10.9 Å². The zero-order chi connectivity index (χ0) is 13.2. The maximum atomic E-state index is 8.97. The van der Waals surface area contributed by atoms with Gasteiger partial charge in [0.05, 0.1) is 0 Å². The summed E-state index contributed by atoms with van der Waals surface area (Å²) < 4.78 is 0. The molecule has 0 fully saturated rings. The predicted molar refractivity (Wildman–Crippen MR) is 93.7 cm³/mol. The molecule has 0 aliphatic rings. The fraction of sp³-hybridized carbons (Fsp3) is 0.615. The minimum Gasteiger partial charge on any atom is -0.396 e. The highest BCUT2D eigenvalue weighted by molar-refractivity contribution is 14.0. The average Bonchev–Trinajstić information content (AvgIpc) is 2.88. The first-order valence-electron chi connectivity index (χ1n) is 6.41. The molecule has 0 saturated heterocycles. The van der Waals surface area contributed by atoms with Crippen molar-refractivity contribution in [2.45, 2.75) is 20.3 Å². The van der Waals surface area contributed by atoms with Gasteiger partial charge in [0.1, 0.15) is 0 Å². The number of nitrogens with zero attached hydrogens (tertiary/aromatic N) is 1. The van der Waals surface area contributed by atoms with Gasteiger partial charge in [-0.2, -0.15) is 0 Å². The summed E-state index contributed by atoms with van der Waals surface area (Å²) in [5.41, 5.74) is 0. The number of hydrogen-bond acceptors (Lipinski definition) is 3. The lowest BCUT2D eigenvalue weighted by molar-refractivity contribution is 0.241. The van der Waals surface area contributed by atoms with Crippen LogP contribution in [-0.4, -0.2) is 37.3 Å². The van der Waals surface area contributed by atoms with E-state index in [-0.39, 0.29) is 36.5 Å². The molecular weight excluding hydrogens is 373 g/mol. The quantitative estimate of drug-likeness (QED) is 0.375. The zero-order valence-corrected chi connectivity index (χ0v) is 14.7. The zero-order valence-electron chi connectivity index (χ0n) is 11.6. The second-order valence-electron chi connectivity index (χ2n) is 4.26. The summed E-state index contributed by atoms with van der Waals surface area (Å²) in [7, 11) is 0. The molecule has 1 atom stereocenters. The fourth-order valence-electron chi connectivity index (χ4n) is 1.41. The number of nitrogens with one attached hydrogen (secondary N) is 2. The predicted octanol–water partition coefficient (Wildman–Crippen LogP) is 2.09. The highest BCUT2D eigenvalue weighted by atomic mass is 127. The minimum absolute atomic E-state index is 0. The van der Waals surface area contributed by atoms with E-state index in [0.717, 1.165) is 25.5 Å². The monoisotopic (exact) mass is 397 g/mol. The first-order chi connectivity index (χ1) is 8.76. The summed E-state index contributed by atoms with van der Waals surface area (Å²) in [5, 5.41) is 17.6. The molecular formula is C13H24IN3OS. The van der Waals surface area contributed by atoms with Crippen LogP contribution in [0.2, 0.25) is 0 Å². The number of thiophene rings is 1. The van der Waals surface area contributed by atoms with Gasteiger partial charge in [-0.15, -0.1) is 35.3 Å². The molecule has 110 valence electrons. The van der Waals surface area contributed by atoms with Crippen LogP contribution in [-0.2, 0) is 6.42 Å². The Morgan fingerprint density at radius 1 is 1.47 bits per heavy atom. The Kier molecular flexibility index (Phi) is 11.3. The van der Waals surface area contributed by atoms with Crippen molar-refractivity contribution < 1.29 is 5.11 Å². The molecule has 0 amide bonds. The van der Waals surface area contributed by atoms with Gasteiger partial charge in [0.2, 0.25) is 0 Å². The van der Waals surface area contributed by atoms with Crippen LogP contribution in [0.1, 0.15) is 18.7 Å². The molecule has 1 heterocycles. The van der Waals surface area contributed by atoms with E-state index in [1.807, 2.05) is 13.8 Å². The Morgan fingerprint density at radius 2 is 2.26 bits per heavy atom. The third kappa shape index (κ3) is 8.43. The van der Waals surface area contributed by atoms with Gasteiger partial charge in [-0.1, -0.05) is 13.0 Å². The van der Waals surface area contributed by atoms with Crippen molar-refractivity contribution in [3.05, 3.63) is 22.4 Å². The molecule has 3 N–H and O–H groups in total. The molecule has 0 aliphatic heterocycles. The Morgan fingerprint density at radius 3 is 2.84 bits per heavy atom. The molecule has 0 radical (unpaired) electrons. The molecule has 1 aromatic rings. The summed E-state index contributed by atoms with van der Waals surface area (Å²) in [4.78, 5) is 5.82. The summed E-state index contributed by atoms with van der Waals surface area (Å²) in [6.45, 7) is 6.58. The lowest BCUT2D eigenvalue weighted by atomic mass is 10.2. The molecule has 0 saturated carbocycles. The Hall–Kier alpha value is -0.340. The minimum atomic E-state index is 0. The van der Waals surface area contributed by atoms with E-state index in [4.69, 9.17) is 5.11 Å². The Balaban J connectivity index is 0.00000324. The lowest BCUT2D eigenvalue weighted by Gasteiger charge is -2.12. The van der Waals surface area contributed by atoms with Crippen LogP contribution in [0.5, 0.6) is 0 Å². The van der Waals surface area contributed by atoms with Gasteiger partial charge < -0.3 is 15.7 Å². The molecule has 0 bridgehead atoms. The first kappa shape index (κ1) is 18.7. The van der Waals surface area contributed by atoms with Crippen LogP contribution >= 0.6 is 35.3 Å². The van der Waals surface area contributed by atoms with Crippen LogP contribution in [0.15, 0.2) is 22.5 Å². The van der Waals surface area contributed by atoms with Crippen molar-refractivity contribution in [1.29, 1.82) is 0 Å². The summed E-state index contributed by atoms with van der Waals surface area (Å²) >= 11 is 1.78. The number of aliphatic hydroxyl groups is 1. The normalized spacial score (nSPS) is 12.7. The second kappa shape index (κ2) is 11.5. The largest absolute Gasteiger partial charge is 0.396 e. The fourth-order valence-corrected chi connectivity index (χ4v) is 2.11. The Labute approximate surface area is 136 Å². The van der Waals surface area contributed by atoms with Crippen molar-refractivity contribution in [3.8, 4) is 0 Å². The molecule has 1 rings (SSSR count). The first-order valence-corrected chi connectivity index (χ1v) is 7.29. The van der Waals surface area contributed by atoms with Gasteiger partial charge in [-0.3, -0.25) is 4.99 Å². The van der Waals surface area contributed by atoms with Crippen LogP contribution in [0, 0.1) is 5.92 Å². The van der Waals surface area contributed by atoms with Gasteiger partial charge in [0, 0.05) is 31.1 Å². The number of rotatable bonds is 7. The van der Waals surface area contributed by atoms with Crippen molar-refractivity contribution in [3.63, 3.8) is 0 Å². The smallest absolute Gasteiger partial charge is 0.191 e. The van der Waals surface area contributed by atoms with E-state index in [1.54, 1.807) is 11.3 Å². The molecule has 0 aliphatic carbocycles. The molecule has 0 aromatic carbocycles. The van der Waals surface area contributed by atoms with Gasteiger partial charge in [0.15, 0.2) is 5.96 Å². The molecule has 4 nitrogen and oxygen atoms in total. The molecule has 1 aromatic heterocycles. The number of hydrogen-bond donors (Lipinski definition) is 3. The third-order valence-electron chi connectivity index (χ3n) is 2.46. The SMILES string of the molecule is CCNC(=NCC(C)CO)NCCc1cccs1.I. The molecule has 0 spiro atoms. The maximum Gasteiger partial charge on any atom is 0.191 e. The maximum absolute atomic E-state index is 8.97. The molecule has 1 unspecified atom stereocenters. The number of halogens is 1. The van der Waals surface area contributed by atoms with Crippen LogP contribution in [0.4, 0.5) is 0 Å². The third-order valence-corrected chi connectivity index (χ3v) is 3.40. The van der Waals surface area contributed by atoms with Gasteiger partial charge in [-0.25, -0.2) is 0 Å². The average molecular weight is 397 g/mol. The Bertz CT molecular complexity index is 344. The summed E-state index contributed by atoms with van der Waals surface area (Å²) in [6, 6.07) is 4.21. The summed E-state index contributed by atoms with van der Waals surface area (Å²) in [6.07, 6.45) is 1.01. The van der Waals surface area contributed by atoms with E-state index < -0.39 is 0 Å².